The van der Waals surface area contributed by atoms with E-state index in [0.717, 1.165) is 23.2 Å². The van der Waals surface area contributed by atoms with E-state index in [1.807, 2.05) is 6.07 Å². The number of para-hydroxylation sites is 2. The number of nitrogens with zero attached hydrogens (tertiary/aromatic N) is 3. The van der Waals surface area contributed by atoms with Crippen molar-refractivity contribution in [3.63, 3.8) is 0 Å². The normalized spacial score (nSPS) is 16.4. The van der Waals surface area contributed by atoms with Gasteiger partial charge in [0.2, 0.25) is 11.5 Å². The summed E-state index contributed by atoms with van der Waals surface area (Å²) in [4.78, 5) is 4.79. The van der Waals surface area contributed by atoms with Crippen LogP contribution in [0.2, 0.25) is 0 Å². The van der Waals surface area contributed by atoms with E-state index in [1.54, 1.807) is 0 Å². The molecule has 0 radical (unpaired) electrons. The van der Waals surface area contributed by atoms with Crippen LogP contribution in [0, 0.1) is 0 Å². The predicted octanol–water partition coefficient (Wildman–Crippen LogP) is -0.0556. The fourth-order valence-corrected chi connectivity index (χ4v) is 3.36. The molecule has 2 aromatic heterocycles. The van der Waals surface area contributed by atoms with Crippen molar-refractivity contribution in [2.75, 3.05) is 5.33 Å². The second kappa shape index (κ2) is 5.30. The molecule has 1 atom stereocenters. The maximum absolute atomic E-state index is 4.79. The molecule has 0 spiro atoms. The molecule has 102 valence electrons. The van der Waals surface area contributed by atoms with E-state index in [9.17, 15) is 0 Å². The van der Waals surface area contributed by atoms with Gasteiger partial charge in [0, 0.05) is 12.1 Å². The molecule has 1 aliphatic heterocycles. The van der Waals surface area contributed by atoms with E-state index in [4.69, 9.17) is 4.98 Å². The summed E-state index contributed by atoms with van der Waals surface area (Å²) in [5, 5.41) is 0.945. The summed E-state index contributed by atoms with van der Waals surface area (Å²) >= 11 is 3.63. The number of alkyl halides is 1. The summed E-state index contributed by atoms with van der Waals surface area (Å²) < 4.78 is 4.65. The molecule has 3 aromatic rings. The second-order valence-corrected chi connectivity index (χ2v) is 5.48. The van der Waals surface area contributed by atoms with E-state index in [1.165, 1.54) is 11.2 Å². The molecule has 4 rings (SSSR count). The van der Waals surface area contributed by atoms with Gasteiger partial charge in [-0.05, 0) is 18.2 Å². The van der Waals surface area contributed by atoms with Crippen LogP contribution in [0.4, 0.5) is 0 Å². The highest BCUT2D eigenvalue weighted by molar-refractivity contribution is 9.09. The molecule has 3 nitrogen and oxygen atoms in total. The van der Waals surface area contributed by atoms with Crippen LogP contribution in [0.25, 0.3) is 22.6 Å². The average Bonchev–Trinajstić information content (AvgIpc) is 2.85. The molecule has 0 N–H and O–H groups in total. The van der Waals surface area contributed by atoms with Gasteiger partial charge in [0.1, 0.15) is 0 Å². The number of pyridine rings is 1. The van der Waals surface area contributed by atoms with E-state index in [2.05, 4.69) is 67.7 Å². The van der Waals surface area contributed by atoms with Gasteiger partial charge in [0.05, 0.1) is 22.9 Å². The van der Waals surface area contributed by atoms with E-state index < -0.39 is 0 Å². The Morgan fingerprint density at radius 2 is 2.00 bits per heavy atom. The number of hydrogen-bond acceptors (Lipinski definition) is 1. The first-order valence-electron chi connectivity index (χ1n) is 6.40. The number of imidazole rings is 1. The van der Waals surface area contributed by atoms with Gasteiger partial charge in [-0.25, -0.2) is 4.98 Å². The minimum absolute atomic E-state index is 0. The summed E-state index contributed by atoms with van der Waals surface area (Å²) in [5.41, 5.74) is 3.48. The Morgan fingerprint density at radius 3 is 2.85 bits per heavy atom. The monoisotopic (exact) mass is 393 g/mol. The van der Waals surface area contributed by atoms with Gasteiger partial charge in [-0.3, -0.25) is 0 Å². The standard InChI is InChI=1S/C15H13BrN3.BrH/c16-9-11-10-19-13-6-2-1-5-12(13)17-15(19)14-7-3-4-8-18(11)14;/h1-8,11H,9-10H2;1H/q+1;/p-1. The first-order valence-corrected chi connectivity index (χ1v) is 7.52. The third kappa shape index (κ3) is 1.91. The quantitative estimate of drug-likeness (QED) is 0.418. The first kappa shape index (κ1) is 13.8. The third-order valence-electron chi connectivity index (χ3n) is 3.74. The minimum Gasteiger partial charge on any atom is -1.00 e. The van der Waals surface area contributed by atoms with Crippen molar-refractivity contribution >= 4 is 27.0 Å². The van der Waals surface area contributed by atoms with Crippen LogP contribution in [0.3, 0.4) is 0 Å². The lowest BCUT2D eigenvalue weighted by Crippen LogP contribution is -3.00. The van der Waals surface area contributed by atoms with Gasteiger partial charge < -0.3 is 21.5 Å². The van der Waals surface area contributed by atoms with Crippen molar-refractivity contribution in [1.29, 1.82) is 0 Å². The second-order valence-electron chi connectivity index (χ2n) is 4.84. The first-order chi connectivity index (χ1) is 9.38. The molecule has 0 aliphatic carbocycles. The van der Waals surface area contributed by atoms with Crippen LogP contribution in [0.15, 0.2) is 48.7 Å². The molecule has 20 heavy (non-hydrogen) atoms. The highest BCUT2D eigenvalue weighted by atomic mass is 79.9. The minimum atomic E-state index is 0. The van der Waals surface area contributed by atoms with Crippen LogP contribution in [-0.4, -0.2) is 14.9 Å². The molecule has 1 aromatic carbocycles. The fraction of sp³-hybridized carbons (Fsp3) is 0.200. The van der Waals surface area contributed by atoms with Crippen molar-refractivity contribution in [2.24, 2.45) is 0 Å². The van der Waals surface area contributed by atoms with Crippen LogP contribution in [0.1, 0.15) is 6.04 Å². The molecule has 0 amide bonds. The topological polar surface area (TPSA) is 21.7 Å². The van der Waals surface area contributed by atoms with Crippen LogP contribution in [-0.2, 0) is 6.54 Å². The van der Waals surface area contributed by atoms with Crippen molar-refractivity contribution in [1.82, 2.24) is 9.55 Å². The number of halogens is 2. The zero-order valence-electron chi connectivity index (χ0n) is 10.7. The zero-order chi connectivity index (χ0) is 12.8. The molecule has 0 saturated carbocycles. The fourth-order valence-electron chi connectivity index (χ4n) is 2.84. The average molecular weight is 395 g/mol. The lowest BCUT2D eigenvalue weighted by Gasteiger charge is -2.20. The van der Waals surface area contributed by atoms with Crippen molar-refractivity contribution < 1.29 is 21.5 Å². The van der Waals surface area contributed by atoms with Crippen molar-refractivity contribution in [3.05, 3.63) is 48.7 Å². The third-order valence-corrected chi connectivity index (χ3v) is 4.49. The summed E-state index contributed by atoms with van der Waals surface area (Å²) in [7, 11) is 0. The Balaban J connectivity index is 0.00000121. The summed E-state index contributed by atoms with van der Waals surface area (Å²) in [5.74, 6) is 1.07. The Hall–Kier alpha value is -1.20. The molecule has 1 unspecified atom stereocenters. The highest BCUT2D eigenvalue weighted by Crippen LogP contribution is 2.28. The Labute approximate surface area is 136 Å². The molecule has 0 saturated heterocycles. The maximum Gasteiger partial charge on any atom is 0.248 e. The Morgan fingerprint density at radius 1 is 1.20 bits per heavy atom. The smallest absolute Gasteiger partial charge is 0.248 e. The molecule has 0 fully saturated rings. The van der Waals surface area contributed by atoms with E-state index in [-0.39, 0.29) is 17.0 Å². The lowest BCUT2D eigenvalue weighted by atomic mass is 10.2. The Bertz CT molecular complexity index is 767. The van der Waals surface area contributed by atoms with Crippen LogP contribution >= 0.6 is 15.9 Å². The summed E-state index contributed by atoms with van der Waals surface area (Å²) in [6.07, 6.45) is 2.14. The van der Waals surface area contributed by atoms with Gasteiger partial charge in [0.15, 0.2) is 12.2 Å². The van der Waals surface area contributed by atoms with Gasteiger partial charge in [-0.2, -0.15) is 4.57 Å². The molecular weight excluding hydrogens is 382 g/mol. The number of rotatable bonds is 1. The van der Waals surface area contributed by atoms with Gasteiger partial charge >= 0.3 is 0 Å². The van der Waals surface area contributed by atoms with Gasteiger partial charge in [0.25, 0.3) is 0 Å². The zero-order valence-corrected chi connectivity index (χ0v) is 13.9. The largest absolute Gasteiger partial charge is 1.00 e. The highest BCUT2D eigenvalue weighted by Gasteiger charge is 2.32. The Kier molecular flexibility index (Phi) is 3.65. The number of fused-ring (bicyclic) bond motifs is 5. The SMILES string of the molecule is BrCC1Cn2c(nc3ccccc32)-c2cccc[n+]21.[Br-]. The number of benzene rings is 1. The number of aromatic nitrogens is 3. The van der Waals surface area contributed by atoms with Gasteiger partial charge in [-0.1, -0.05) is 28.1 Å². The molecule has 1 aliphatic rings. The van der Waals surface area contributed by atoms with Crippen molar-refractivity contribution in [2.45, 2.75) is 12.6 Å². The molecule has 3 heterocycles. The number of hydrogen-bond donors (Lipinski definition) is 0. The van der Waals surface area contributed by atoms with Crippen molar-refractivity contribution in [3.8, 4) is 11.5 Å². The van der Waals surface area contributed by atoms with E-state index in [0.29, 0.717) is 6.04 Å². The molecule has 0 bridgehead atoms. The van der Waals surface area contributed by atoms with Gasteiger partial charge in [-0.15, -0.1) is 0 Å². The maximum atomic E-state index is 4.79. The summed E-state index contributed by atoms with van der Waals surface area (Å²) in [6.45, 7) is 0.961. The molecular formula is C15H13Br2N3. The molecule has 5 heteroatoms. The summed E-state index contributed by atoms with van der Waals surface area (Å²) in [6, 6.07) is 15.1. The van der Waals surface area contributed by atoms with Crippen LogP contribution in [0.5, 0.6) is 0 Å². The predicted molar refractivity (Wildman–Crippen MR) is 78.2 cm³/mol. The van der Waals surface area contributed by atoms with E-state index >= 15 is 0 Å². The lowest BCUT2D eigenvalue weighted by molar-refractivity contribution is -0.712. The van der Waals surface area contributed by atoms with Crippen LogP contribution < -0.4 is 21.5 Å².